The molecular weight excluding hydrogens is 290 g/mol. The fraction of sp³-hybridized carbons (Fsp3) is 0.571. The maximum absolute atomic E-state index is 5.73. The molecule has 100 valence electrons. The third-order valence-corrected chi connectivity index (χ3v) is 4.38. The molecule has 1 saturated heterocycles. The van der Waals surface area contributed by atoms with Gasteiger partial charge in [-0.1, -0.05) is 6.92 Å². The summed E-state index contributed by atoms with van der Waals surface area (Å²) in [6.07, 6.45) is 2.60. The molecule has 1 heterocycles. The molecule has 3 N–H and O–H groups in total. The Morgan fingerprint density at radius 1 is 1.39 bits per heavy atom. The first-order valence-electron chi connectivity index (χ1n) is 6.70. The second-order valence-electron chi connectivity index (χ2n) is 5.00. The fourth-order valence-corrected chi connectivity index (χ4v) is 2.97. The van der Waals surface area contributed by atoms with Gasteiger partial charge in [0.25, 0.3) is 0 Å². The Kier molecular flexibility index (Phi) is 4.89. The van der Waals surface area contributed by atoms with Crippen LogP contribution < -0.4 is 11.1 Å². The normalized spacial score (nSPS) is 17.9. The van der Waals surface area contributed by atoms with Gasteiger partial charge in [0.05, 0.1) is 0 Å². The predicted octanol–water partition coefficient (Wildman–Crippen LogP) is 3.18. The van der Waals surface area contributed by atoms with Crippen molar-refractivity contribution in [1.29, 1.82) is 0 Å². The van der Waals surface area contributed by atoms with Crippen molar-refractivity contribution >= 4 is 27.3 Å². The number of halogens is 1. The molecule has 0 aliphatic carbocycles. The minimum atomic E-state index is 0.789. The van der Waals surface area contributed by atoms with Crippen molar-refractivity contribution < 1.29 is 0 Å². The van der Waals surface area contributed by atoms with Gasteiger partial charge in [-0.05, 0) is 72.5 Å². The van der Waals surface area contributed by atoms with Crippen LogP contribution in [0.25, 0.3) is 0 Å². The number of piperidine rings is 1. The molecule has 1 aliphatic rings. The maximum Gasteiger partial charge on any atom is 0.0486 e. The average Bonchev–Trinajstić information content (AvgIpc) is 2.38. The first kappa shape index (κ1) is 13.7. The molecule has 0 saturated carbocycles. The summed E-state index contributed by atoms with van der Waals surface area (Å²) in [4.78, 5) is 2.52. The van der Waals surface area contributed by atoms with Crippen LogP contribution in [0.5, 0.6) is 0 Å². The molecule has 1 aromatic rings. The monoisotopic (exact) mass is 311 g/mol. The van der Waals surface area contributed by atoms with Crippen molar-refractivity contribution in [3.63, 3.8) is 0 Å². The van der Waals surface area contributed by atoms with E-state index in [0.29, 0.717) is 0 Å². The summed E-state index contributed by atoms with van der Waals surface area (Å²) in [6.45, 7) is 6.96. The summed E-state index contributed by atoms with van der Waals surface area (Å²) in [5.41, 5.74) is 7.67. The second kappa shape index (κ2) is 6.43. The van der Waals surface area contributed by atoms with Crippen molar-refractivity contribution in [3.05, 3.63) is 22.7 Å². The van der Waals surface area contributed by atoms with E-state index in [9.17, 15) is 0 Å². The van der Waals surface area contributed by atoms with Crippen molar-refractivity contribution in [1.82, 2.24) is 4.90 Å². The Morgan fingerprint density at radius 2 is 2.11 bits per heavy atom. The van der Waals surface area contributed by atoms with Crippen molar-refractivity contribution in [2.45, 2.75) is 19.8 Å². The van der Waals surface area contributed by atoms with Gasteiger partial charge < -0.3 is 16.0 Å². The van der Waals surface area contributed by atoms with Crippen molar-refractivity contribution in [3.8, 4) is 0 Å². The molecule has 0 amide bonds. The number of nitrogens with two attached hydrogens (primary N) is 1. The molecule has 18 heavy (non-hydrogen) atoms. The van der Waals surface area contributed by atoms with Crippen LogP contribution in [0.15, 0.2) is 22.7 Å². The van der Waals surface area contributed by atoms with Gasteiger partial charge in [0.2, 0.25) is 0 Å². The molecule has 0 atom stereocenters. The summed E-state index contributed by atoms with van der Waals surface area (Å²) in [6, 6.07) is 5.93. The first-order valence-corrected chi connectivity index (χ1v) is 7.49. The quantitative estimate of drug-likeness (QED) is 0.839. The van der Waals surface area contributed by atoms with Crippen LogP contribution in [0.1, 0.15) is 19.8 Å². The number of nitrogen functional groups attached to an aromatic ring is 1. The summed E-state index contributed by atoms with van der Waals surface area (Å²) < 4.78 is 1.05. The molecule has 4 heteroatoms. The minimum absolute atomic E-state index is 0.789. The van der Waals surface area contributed by atoms with Gasteiger partial charge in [0.15, 0.2) is 0 Å². The first-order chi connectivity index (χ1) is 8.69. The highest BCUT2D eigenvalue weighted by atomic mass is 79.9. The minimum Gasteiger partial charge on any atom is -0.399 e. The number of nitrogens with one attached hydrogen (secondary N) is 1. The second-order valence-corrected chi connectivity index (χ2v) is 5.85. The van der Waals surface area contributed by atoms with E-state index >= 15 is 0 Å². The van der Waals surface area contributed by atoms with Gasteiger partial charge in [-0.15, -0.1) is 0 Å². The van der Waals surface area contributed by atoms with Gasteiger partial charge in [0.1, 0.15) is 0 Å². The van der Waals surface area contributed by atoms with Crippen molar-refractivity contribution in [2.75, 3.05) is 37.2 Å². The van der Waals surface area contributed by atoms with E-state index < -0.39 is 0 Å². The van der Waals surface area contributed by atoms with Crippen LogP contribution in [-0.4, -0.2) is 31.1 Å². The third kappa shape index (κ3) is 3.62. The van der Waals surface area contributed by atoms with Crippen LogP contribution in [0.2, 0.25) is 0 Å². The van der Waals surface area contributed by atoms with E-state index in [0.717, 1.165) is 28.3 Å². The Hall–Kier alpha value is -0.740. The predicted molar refractivity (Wildman–Crippen MR) is 81.9 cm³/mol. The smallest absolute Gasteiger partial charge is 0.0486 e. The molecule has 3 nitrogen and oxygen atoms in total. The topological polar surface area (TPSA) is 41.3 Å². The highest BCUT2D eigenvalue weighted by molar-refractivity contribution is 9.10. The standard InChI is InChI=1S/C14H22BrN3/c1-2-18-7-5-11(6-8-18)10-17-14-4-3-12(16)9-13(14)15/h3-4,9,11,17H,2,5-8,10,16H2,1H3. The van der Waals surface area contributed by atoms with E-state index in [-0.39, 0.29) is 0 Å². The number of hydrogen-bond acceptors (Lipinski definition) is 3. The summed E-state index contributed by atoms with van der Waals surface area (Å²) in [5.74, 6) is 0.789. The Labute approximate surface area is 118 Å². The molecule has 2 rings (SSSR count). The van der Waals surface area contributed by atoms with Gasteiger partial charge in [-0.25, -0.2) is 0 Å². The summed E-state index contributed by atoms with van der Waals surface area (Å²) in [5, 5.41) is 3.52. The zero-order valence-electron chi connectivity index (χ0n) is 11.0. The van der Waals surface area contributed by atoms with Crippen LogP contribution in [0.3, 0.4) is 0 Å². The van der Waals surface area contributed by atoms with Crippen molar-refractivity contribution in [2.24, 2.45) is 5.92 Å². The zero-order valence-corrected chi connectivity index (χ0v) is 12.5. The van der Waals surface area contributed by atoms with Gasteiger partial charge in [-0.3, -0.25) is 0 Å². The SMILES string of the molecule is CCN1CCC(CNc2ccc(N)cc2Br)CC1. The van der Waals surface area contributed by atoms with Gasteiger partial charge in [-0.2, -0.15) is 0 Å². The number of hydrogen-bond donors (Lipinski definition) is 2. The Morgan fingerprint density at radius 3 is 2.72 bits per heavy atom. The maximum atomic E-state index is 5.73. The van der Waals surface area contributed by atoms with E-state index in [1.54, 1.807) is 0 Å². The molecule has 0 bridgehead atoms. The molecule has 1 fully saturated rings. The highest BCUT2D eigenvalue weighted by Gasteiger charge is 2.17. The van der Waals surface area contributed by atoms with Gasteiger partial charge >= 0.3 is 0 Å². The number of benzene rings is 1. The zero-order chi connectivity index (χ0) is 13.0. The largest absolute Gasteiger partial charge is 0.399 e. The lowest BCUT2D eigenvalue weighted by Gasteiger charge is -2.31. The van der Waals surface area contributed by atoms with E-state index in [4.69, 9.17) is 5.73 Å². The molecular formula is C14H22BrN3. The lowest BCUT2D eigenvalue weighted by Crippen LogP contribution is -2.35. The average molecular weight is 312 g/mol. The van der Waals surface area contributed by atoms with E-state index in [1.165, 1.54) is 32.5 Å². The fourth-order valence-electron chi connectivity index (χ4n) is 2.44. The number of likely N-dealkylation sites (tertiary alicyclic amines) is 1. The van der Waals surface area contributed by atoms with Crippen LogP contribution in [0, 0.1) is 5.92 Å². The molecule has 0 spiro atoms. The molecule has 0 aromatic heterocycles. The number of nitrogens with zero attached hydrogens (tertiary/aromatic N) is 1. The van der Waals surface area contributed by atoms with E-state index in [2.05, 4.69) is 33.1 Å². The molecule has 1 aromatic carbocycles. The molecule has 1 aliphatic heterocycles. The summed E-state index contributed by atoms with van der Waals surface area (Å²) >= 11 is 3.54. The number of rotatable bonds is 4. The third-order valence-electron chi connectivity index (χ3n) is 3.73. The summed E-state index contributed by atoms with van der Waals surface area (Å²) in [7, 11) is 0. The highest BCUT2D eigenvalue weighted by Crippen LogP contribution is 2.26. The molecule has 0 radical (unpaired) electrons. The van der Waals surface area contributed by atoms with Gasteiger partial charge in [0, 0.05) is 22.4 Å². The number of anilines is 2. The van der Waals surface area contributed by atoms with Crippen LogP contribution in [-0.2, 0) is 0 Å². The Bertz CT molecular complexity index is 387. The van der Waals surface area contributed by atoms with Crippen LogP contribution in [0.4, 0.5) is 11.4 Å². The lowest BCUT2D eigenvalue weighted by atomic mass is 9.97. The molecule has 0 unspecified atom stereocenters. The van der Waals surface area contributed by atoms with Crippen LogP contribution >= 0.6 is 15.9 Å². The van der Waals surface area contributed by atoms with E-state index in [1.807, 2.05) is 18.2 Å². The Balaban J connectivity index is 1.81. The lowest BCUT2D eigenvalue weighted by molar-refractivity contribution is 0.198.